The minimum atomic E-state index is -4.53. The second kappa shape index (κ2) is 8.13. The molecule has 0 saturated carbocycles. The number of alkyl halides is 3. The fraction of sp³-hybridized carbons (Fsp3) is 0.333. The topological polar surface area (TPSA) is 36.4 Å². The van der Waals surface area contributed by atoms with Crippen LogP contribution in [0.2, 0.25) is 10.0 Å². The average molecular weight is 436 g/mol. The predicted octanol–water partition coefficient (Wildman–Crippen LogP) is 4.90. The second-order valence-corrected chi connectivity index (χ2v) is 7.13. The summed E-state index contributed by atoms with van der Waals surface area (Å²) in [5.41, 5.74) is -1.00. The summed E-state index contributed by atoms with van der Waals surface area (Å²) < 4.78 is 52.3. The number of hydrogen-bond acceptors (Lipinski definition) is 3. The molecule has 1 fully saturated rings. The highest BCUT2D eigenvalue weighted by molar-refractivity contribution is 6.33. The van der Waals surface area contributed by atoms with Crippen molar-refractivity contribution < 1.29 is 22.4 Å². The average Bonchev–Trinajstić information content (AvgIpc) is 2.86. The highest BCUT2D eigenvalue weighted by atomic mass is 35.5. The third-order valence-corrected chi connectivity index (χ3v) is 4.91. The number of anilines is 1. The summed E-state index contributed by atoms with van der Waals surface area (Å²) in [7, 11) is 0. The molecular weight excluding hydrogens is 421 g/mol. The van der Waals surface area contributed by atoms with Crippen LogP contribution in [0.5, 0.6) is 0 Å². The summed E-state index contributed by atoms with van der Waals surface area (Å²) in [6.07, 6.45) is -3.27. The van der Waals surface area contributed by atoms with Gasteiger partial charge in [-0.05, 0) is 30.7 Å². The van der Waals surface area contributed by atoms with E-state index in [1.165, 1.54) is 17.0 Å². The largest absolute Gasteiger partial charge is 0.417 e. The lowest BCUT2D eigenvalue weighted by molar-refractivity contribution is -0.137. The van der Waals surface area contributed by atoms with Gasteiger partial charge in [0.05, 0.1) is 16.1 Å². The number of carbonyl (C=O) groups excluding carboxylic acids is 1. The Morgan fingerprint density at radius 1 is 1.07 bits per heavy atom. The van der Waals surface area contributed by atoms with E-state index in [0.29, 0.717) is 26.1 Å². The van der Waals surface area contributed by atoms with Crippen molar-refractivity contribution in [3.8, 4) is 0 Å². The fourth-order valence-corrected chi connectivity index (χ4v) is 3.43. The van der Waals surface area contributed by atoms with Crippen LogP contribution in [0, 0.1) is 5.82 Å². The molecule has 0 N–H and O–H groups in total. The predicted molar refractivity (Wildman–Crippen MR) is 98.4 cm³/mol. The van der Waals surface area contributed by atoms with Crippen LogP contribution in [-0.4, -0.2) is 42.0 Å². The van der Waals surface area contributed by atoms with E-state index in [1.807, 2.05) is 0 Å². The maximum Gasteiger partial charge on any atom is 0.417 e. The summed E-state index contributed by atoms with van der Waals surface area (Å²) in [6, 6.07) is 4.68. The maximum absolute atomic E-state index is 14.0. The first-order valence-corrected chi connectivity index (χ1v) is 9.14. The molecule has 4 nitrogen and oxygen atoms in total. The molecule has 0 unspecified atom stereocenters. The Bertz CT molecular complexity index is 892. The smallest absolute Gasteiger partial charge is 0.354 e. The fourth-order valence-electron chi connectivity index (χ4n) is 2.98. The number of halogens is 6. The molecule has 1 aromatic heterocycles. The van der Waals surface area contributed by atoms with Gasteiger partial charge in [0.15, 0.2) is 0 Å². The number of hydrogen-bond donors (Lipinski definition) is 0. The van der Waals surface area contributed by atoms with E-state index in [9.17, 15) is 22.4 Å². The van der Waals surface area contributed by atoms with Gasteiger partial charge in [-0.1, -0.05) is 23.2 Å². The van der Waals surface area contributed by atoms with Gasteiger partial charge in [-0.2, -0.15) is 13.2 Å². The van der Waals surface area contributed by atoms with Crippen molar-refractivity contribution in [1.29, 1.82) is 0 Å². The van der Waals surface area contributed by atoms with E-state index in [-0.39, 0.29) is 28.0 Å². The van der Waals surface area contributed by atoms with Crippen molar-refractivity contribution in [3.63, 3.8) is 0 Å². The molecule has 150 valence electrons. The standard InChI is InChI=1S/C18H15Cl2F4N3O/c19-12-2-3-13(15(21)9-12)17(28)27-5-1-4-26(6-7-27)16-14(20)8-11(10-25-16)18(22,23)24/h2-3,8-10H,1,4-7H2. The highest BCUT2D eigenvalue weighted by Crippen LogP contribution is 2.33. The summed E-state index contributed by atoms with van der Waals surface area (Å²) in [4.78, 5) is 19.7. The molecule has 0 bridgehead atoms. The van der Waals surface area contributed by atoms with Gasteiger partial charge in [0.2, 0.25) is 0 Å². The maximum atomic E-state index is 14.0. The zero-order chi connectivity index (χ0) is 20.5. The summed E-state index contributed by atoms with van der Waals surface area (Å²) in [5, 5.41) is 0.0810. The zero-order valence-corrected chi connectivity index (χ0v) is 16.0. The van der Waals surface area contributed by atoms with Crippen LogP contribution < -0.4 is 4.90 Å². The SMILES string of the molecule is O=C(c1ccc(Cl)cc1F)N1CCCN(c2ncc(C(F)(F)F)cc2Cl)CC1. The Balaban J connectivity index is 1.74. The highest BCUT2D eigenvalue weighted by Gasteiger charge is 2.32. The Morgan fingerprint density at radius 3 is 2.46 bits per heavy atom. The number of amides is 1. The van der Waals surface area contributed by atoms with Gasteiger partial charge in [0.25, 0.3) is 5.91 Å². The first-order chi connectivity index (χ1) is 13.2. The second-order valence-electron chi connectivity index (χ2n) is 6.28. The van der Waals surface area contributed by atoms with Gasteiger partial charge in [0, 0.05) is 37.4 Å². The molecule has 0 radical (unpaired) electrons. The lowest BCUT2D eigenvalue weighted by Crippen LogP contribution is -2.36. The molecule has 0 atom stereocenters. The normalized spacial score (nSPS) is 15.5. The van der Waals surface area contributed by atoms with Crippen molar-refractivity contribution >= 4 is 34.9 Å². The number of pyridine rings is 1. The third-order valence-electron chi connectivity index (χ3n) is 4.39. The van der Waals surface area contributed by atoms with Crippen LogP contribution in [0.1, 0.15) is 22.3 Å². The lowest BCUT2D eigenvalue weighted by atomic mass is 10.2. The minimum absolute atomic E-state index is 0.0801. The van der Waals surface area contributed by atoms with Crippen LogP contribution >= 0.6 is 23.2 Å². The molecule has 0 spiro atoms. The molecular formula is C18H15Cl2F4N3O. The van der Waals surface area contributed by atoms with Gasteiger partial charge >= 0.3 is 6.18 Å². The molecule has 3 rings (SSSR count). The monoisotopic (exact) mass is 435 g/mol. The molecule has 2 aromatic rings. The third kappa shape index (κ3) is 4.50. The Hall–Kier alpha value is -2.06. The molecule has 0 aliphatic carbocycles. The van der Waals surface area contributed by atoms with Crippen molar-refractivity contribution in [1.82, 2.24) is 9.88 Å². The van der Waals surface area contributed by atoms with E-state index >= 15 is 0 Å². The van der Waals surface area contributed by atoms with E-state index in [2.05, 4.69) is 4.98 Å². The Kier molecular flexibility index (Phi) is 6.00. The van der Waals surface area contributed by atoms with Crippen molar-refractivity contribution in [3.05, 3.63) is 57.5 Å². The van der Waals surface area contributed by atoms with E-state index in [0.717, 1.165) is 18.3 Å². The number of benzene rings is 1. The Morgan fingerprint density at radius 2 is 1.82 bits per heavy atom. The number of carbonyl (C=O) groups is 1. The molecule has 1 aromatic carbocycles. The van der Waals surface area contributed by atoms with Crippen LogP contribution in [0.3, 0.4) is 0 Å². The molecule has 1 amide bonds. The summed E-state index contributed by atoms with van der Waals surface area (Å²) in [5.74, 6) is -0.949. The summed E-state index contributed by atoms with van der Waals surface area (Å²) in [6.45, 7) is 1.37. The molecule has 2 heterocycles. The van der Waals surface area contributed by atoms with Crippen LogP contribution in [0.25, 0.3) is 0 Å². The van der Waals surface area contributed by atoms with Crippen molar-refractivity contribution in [2.75, 3.05) is 31.1 Å². The van der Waals surface area contributed by atoms with Gasteiger partial charge in [-0.15, -0.1) is 0 Å². The van der Waals surface area contributed by atoms with Crippen molar-refractivity contribution in [2.24, 2.45) is 0 Å². The summed E-state index contributed by atoms with van der Waals surface area (Å²) >= 11 is 11.7. The number of rotatable bonds is 2. The molecule has 1 aliphatic heterocycles. The van der Waals surface area contributed by atoms with Crippen LogP contribution in [0.4, 0.5) is 23.4 Å². The van der Waals surface area contributed by atoms with Gasteiger partial charge in [0.1, 0.15) is 11.6 Å². The lowest BCUT2D eigenvalue weighted by Gasteiger charge is -2.24. The zero-order valence-electron chi connectivity index (χ0n) is 14.4. The van der Waals surface area contributed by atoms with Crippen LogP contribution in [-0.2, 0) is 6.18 Å². The first-order valence-electron chi connectivity index (χ1n) is 8.39. The number of aromatic nitrogens is 1. The molecule has 10 heteroatoms. The first kappa shape index (κ1) is 20.7. The molecule has 28 heavy (non-hydrogen) atoms. The van der Waals surface area contributed by atoms with Gasteiger partial charge < -0.3 is 9.80 Å². The van der Waals surface area contributed by atoms with Crippen LogP contribution in [0.15, 0.2) is 30.5 Å². The van der Waals surface area contributed by atoms with Crippen molar-refractivity contribution in [2.45, 2.75) is 12.6 Å². The van der Waals surface area contributed by atoms with E-state index < -0.39 is 23.5 Å². The molecule has 1 saturated heterocycles. The van der Waals surface area contributed by atoms with E-state index in [1.54, 1.807) is 4.90 Å². The van der Waals surface area contributed by atoms with Gasteiger partial charge in [-0.25, -0.2) is 9.37 Å². The quantitative estimate of drug-likeness (QED) is 0.629. The minimum Gasteiger partial charge on any atom is -0.354 e. The Labute approximate surface area is 168 Å². The molecule has 1 aliphatic rings. The number of nitrogens with zero attached hydrogens (tertiary/aromatic N) is 3. The van der Waals surface area contributed by atoms with E-state index in [4.69, 9.17) is 23.2 Å². The van der Waals surface area contributed by atoms with Gasteiger partial charge in [-0.3, -0.25) is 4.79 Å².